The summed E-state index contributed by atoms with van der Waals surface area (Å²) in [4.78, 5) is 4.20. The van der Waals surface area contributed by atoms with E-state index in [4.69, 9.17) is 4.74 Å². The second-order valence-electron chi connectivity index (χ2n) is 4.90. The standard InChI is InChI=1S/C13H23N3O3S/c1-5-14-12-11(8-7-9-15-12)20(17,18)16-10-13(3,4)19-6-2/h7-9,16H,5-6,10H2,1-4H3,(H,14,15). The fourth-order valence-corrected chi connectivity index (χ4v) is 3.03. The second-order valence-corrected chi connectivity index (χ2v) is 6.63. The Morgan fingerprint density at radius 3 is 2.65 bits per heavy atom. The number of ether oxygens (including phenoxy) is 1. The normalized spacial score (nSPS) is 12.4. The maximum Gasteiger partial charge on any atom is 0.244 e. The number of nitrogens with one attached hydrogen (secondary N) is 2. The first-order chi connectivity index (χ1) is 9.32. The summed E-state index contributed by atoms with van der Waals surface area (Å²) in [5, 5.41) is 2.94. The molecule has 0 amide bonds. The quantitative estimate of drug-likeness (QED) is 0.762. The minimum Gasteiger partial charge on any atom is -0.375 e. The number of aromatic nitrogens is 1. The summed E-state index contributed by atoms with van der Waals surface area (Å²) in [7, 11) is -3.62. The van der Waals surface area contributed by atoms with Crippen molar-refractivity contribution in [2.45, 2.75) is 38.2 Å². The molecule has 20 heavy (non-hydrogen) atoms. The van der Waals surface area contributed by atoms with E-state index in [1.54, 1.807) is 12.3 Å². The predicted octanol–water partition coefficient (Wildman–Crippen LogP) is 1.61. The third kappa shape index (κ3) is 4.73. The highest BCUT2D eigenvalue weighted by Crippen LogP contribution is 2.18. The Balaban J connectivity index is 2.89. The molecular weight excluding hydrogens is 278 g/mol. The van der Waals surface area contributed by atoms with E-state index in [2.05, 4.69) is 15.0 Å². The number of hydrogen-bond acceptors (Lipinski definition) is 5. The van der Waals surface area contributed by atoms with Crippen molar-refractivity contribution in [3.8, 4) is 0 Å². The molecule has 6 nitrogen and oxygen atoms in total. The first-order valence-electron chi connectivity index (χ1n) is 6.65. The molecule has 2 N–H and O–H groups in total. The van der Waals surface area contributed by atoms with Crippen molar-refractivity contribution in [2.75, 3.05) is 25.0 Å². The minimum atomic E-state index is -3.62. The third-order valence-electron chi connectivity index (χ3n) is 2.63. The molecule has 0 atom stereocenters. The molecule has 0 unspecified atom stereocenters. The molecule has 0 fully saturated rings. The van der Waals surface area contributed by atoms with Gasteiger partial charge in [-0.1, -0.05) is 0 Å². The van der Waals surface area contributed by atoms with E-state index >= 15 is 0 Å². The van der Waals surface area contributed by atoms with Gasteiger partial charge in [0.25, 0.3) is 0 Å². The maximum absolute atomic E-state index is 12.3. The highest BCUT2D eigenvalue weighted by molar-refractivity contribution is 7.89. The molecule has 0 spiro atoms. The van der Waals surface area contributed by atoms with Gasteiger partial charge in [-0.3, -0.25) is 0 Å². The Labute approximate surface area is 121 Å². The van der Waals surface area contributed by atoms with Gasteiger partial charge in [-0.15, -0.1) is 0 Å². The van der Waals surface area contributed by atoms with Crippen LogP contribution in [0, 0.1) is 0 Å². The lowest BCUT2D eigenvalue weighted by atomic mass is 10.1. The van der Waals surface area contributed by atoms with Crippen LogP contribution >= 0.6 is 0 Å². The largest absolute Gasteiger partial charge is 0.375 e. The average molecular weight is 301 g/mol. The number of nitrogens with zero attached hydrogens (tertiary/aromatic N) is 1. The number of pyridine rings is 1. The summed E-state index contributed by atoms with van der Waals surface area (Å²) in [6.07, 6.45) is 1.56. The van der Waals surface area contributed by atoms with Gasteiger partial charge in [0.05, 0.1) is 5.60 Å². The summed E-state index contributed by atoms with van der Waals surface area (Å²) in [6, 6.07) is 3.13. The van der Waals surface area contributed by atoms with E-state index in [-0.39, 0.29) is 11.4 Å². The van der Waals surface area contributed by atoms with Crippen LogP contribution < -0.4 is 10.0 Å². The van der Waals surface area contributed by atoms with Gasteiger partial charge < -0.3 is 10.1 Å². The molecule has 0 saturated carbocycles. The summed E-state index contributed by atoms with van der Waals surface area (Å²) in [6.45, 7) is 8.77. The van der Waals surface area contributed by atoms with Crippen molar-refractivity contribution in [3.05, 3.63) is 18.3 Å². The predicted molar refractivity (Wildman–Crippen MR) is 79.3 cm³/mol. The zero-order valence-electron chi connectivity index (χ0n) is 12.4. The average Bonchev–Trinajstić information content (AvgIpc) is 2.38. The fourth-order valence-electron chi connectivity index (χ4n) is 1.70. The van der Waals surface area contributed by atoms with Gasteiger partial charge in [-0.05, 0) is 39.8 Å². The lowest BCUT2D eigenvalue weighted by molar-refractivity contribution is -0.00515. The molecule has 0 aliphatic rings. The lowest BCUT2D eigenvalue weighted by Crippen LogP contribution is -2.40. The van der Waals surface area contributed by atoms with Crippen molar-refractivity contribution < 1.29 is 13.2 Å². The van der Waals surface area contributed by atoms with E-state index in [9.17, 15) is 8.42 Å². The van der Waals surface area contributed by atoms with Gasteiger partial charge in [0.1, 0.15) is 10.7 Å². The van der Waals surface area contributed by atoms with Crippen LogP contribution in [-0.4, -0.2) is 38.7 Å². The van der Waals surface area contributed by atoms with Gasteiger partial charge in [-0.25, -0.2) is 18.1 Å². The smallest absolute Gasteiger partial charge is 0.244 e. The number of sulfonamides is 1. The Morgan fingerprint density at radius 2 is 2.05 bits per heavy atom. The van der Waals surface area contributed by atoms with Crippen molar-refractivity contribution in [2.24, 2.45) is 0 Å². The molecule has 0 aliphatic carbocycles. The highest BCUT2D eigenvalue weighted by atomic mass is 32.2. The molecule has 0 aromatic carbocycles. The molecule has 1 heterocycles. The van der Waals surface area contributed by atoms with E-state index in [0.717, 1.165) is 0 Å². The zero-order chi connectivity index (χ0) is 15.2. The van der Waals surface area contributed by atoms with E-state index in [0.29, 0.717) is 19.0 Å². The van der Waals surface area contributed by atoms with Gasteiger partial charge in [-0.2, -0.15) is 0 Å². The molecule has 1 rings (SSSR count). The van der Waals surface area contributed by atoms with Crippen molar-refractivity contribution in [3.63, 3.8) is 0 Å². The molecule has 1 aromatic rings. The summed E-state index contributed by atoms with van der Waals surface area (Å²) in [5.74, 6) is 0.358. The van der Waals surface area contributed by atoms with E-state index < -0.39 is 15.6 Å². The third-order valence-corrected chi connectivity index (χ3v) is 4.06. The molecule has 0 aliphatic heterocycles. The number of hydrogen-bond donors (Lipinski definition) is 2. The highest BCUT2D eigenvalue weighted by Gasteiger charge is 2.24. The summed E-state index contributed by atoms with van der Waals surface area (Å²) < 4.78 is 32.7. The SMILES string of the molecule is CCNc1ncccc1S(=O)(=O)NCC(C)(C)OCC. The second kappa shape index (κ2) is 7.01. The number of rotatable bonds is 8. The van der Waals surface area contributed by atoms with Crippen LogP contribution in [0.2, 0.25) is 0 Å². The topological polar surface area (TPSA) is 80.3 Å². The molecular formula is C13H23N3O3S. The van der Waals surface area contributed by atoms with Crippen LogP contribution in [0.5, 0.6) is 0 Å². The fraction of sp³-hybridized carbons (Fsp3) is 0.615. The minimum absolute atomic E-state index is 0.147. The van der Waals surface area contributed by atoms with Crippen LogP contribution in [0.25, 0.3) is 0 Å². The van der Waals surface area contributed by atoms with Gasteiger partial charge in [0.15, 0.2) is 0 Å². The Hall–Kier alpha value is -1.18. The van der Waals surface area contributed by atoms with Crippen LogP contribution in [0.3, 0.4) is 0 Å². The molecule has 0 radical (unpaired) electrons. The molecule has 0 bridgehead atoms. The summed E-state index contributed by atoms with van der Waals surface area (Å²) >= 11 is 0. The van der Waals surface area contributed by atoms with Gasteiger partial charge in [0, 0.05) is 25.9 Å². The maximum atomic E-state index is 12.3. The Kier molecular flexibility index (Phi) is 5.91. The van der Waals surface area contributed by atoms with Crippen LogP contribution in [0.4, 0.5) is 5.82 Å². The zero-order valence-corrected chi connectivity index (χ0v) is 13.3. The van der Waals surface area contributed by atoms with Crippen molar-refractivity contribution >= 4 is 15.8 Å². The van der Waals surface area contributed by atoms with E-state index in [1.807, 2.05) is 27.7 Å². The van der Waals surface area contributed by atoms with Crippen LogP contribution in [0.15, 0.2) is 23.2 Å². The first kappa shape index (κ1) is 16.9. The molecule has 1 aromatic heterocycles. The van der Waals surface area contributed by atoms with Gasteiger partial charge >= 0.3 is 0 Å². The van der Waals surface area contributed by atoms with E-state index in [1.165, 1.54) is 6.07 Å². The Morgan fingerprint density at radius 1 is 1.35 bits per heavy atom. The summed E-state index contributed by atoms with van der Waals surface area (Å²) in [5.41, 5.74) is -0.553. The van der Waals surface area contributed by atoms with Crippen LogP contribution in [-0.2, 0) is 14.8 Å². The molecule has 7 heteroatoms. The lowest BCUT2D eigenvalue weighted by Gasteiger charge is -2.25. The van der Waals surface area contributed by atoms with Crippen molar-refractivity contribution in [1.29, 1.82) is 0 Å². The molecule has 0 saturated heterocycles. The van der Waals surface area contributed by atoms with Crippen molar-refractivity contribution in [1.82, 2.24) is 9.71 Å². The monoisotopic (exact) mass is 301 g/mol. The molecule has 114 valence electrons. The Bertz CT molecular complexity index is 529. The first-order valence-corrected chi connectivity index (χ1v) is 8.13. The number of anilines is 1. The van der Waals surface area contributed by atoms with Crippen LogP contribution in [0.1, 0.15) is 27.7 Å². The van der Waals surface area contributed by atoms with Gasteiger partial charge in [0.2, 0.25) is 10.0 Å².